The van der Waals surface area contributed by atoms with Crippen molar-refractivity contribution in [3.63, 3.8) is 0 Å². The highest BCUT2D eigenvalue weighted by Gasteiger charge is 2.22. The molecule has 0 N–H and O–H groups in total. The summed E-state index contributed by atoms with van der Waals surface area (Å²) in [5, 5.41) is 0. The summed E-state index contributed by atoms with van der Waals surface area (Å²) in [4.78, 5) is 4.95. The van der Waals surface area contributed by atoms with Gasteiger partial charge in [0.1, 0.15) is 0 Å². The third-order valence-electron chi connectivity index (χ3n) is 5.46. The molecule has 24 heavy (non-hydrogen) atoms. The van der Waals surface area contributed by atoms with Crippen LogP contribution < -0.4 is 0 Å². The Balaban J connectivity index is 1.84. The van der Waals surface area contributed by atoms with Crippen LogP contribution in [0.15, 0.2) is 12.4 Å². The van der Waals surface area contributed by atoms with Crippen molar-refractivity contribution in [2.45, 2.75) is 123 Å². The summed E-state index contributed by atoms with van der Waals surface area (Å²) in [6.07, 6.45) is 23.7. The van der Waals surface area contributed by atoms with E-state index in [0.29, 0.717) is 12.2 Å². The minimum atomic E-state index is 0.544. The fraction of sp³-hybridized carbons (Fsp3) is 0.909. The Kier molecular flexibility index (Phi) is 12.1. The lowest BCUT2D eigenvalue weighted by Crippen LogP contribution is -2.39. The fourth-order valence-electron chi connectivity index (χ4n) is 3.76. The molecule has 1 heterocycles. The second-order valence-corrected chi connectivity index (χ2v) is 7.95. The highest BCUT2D eigenvalue weighted by molar-refractivity contribution is 4.96. The van der Waals surface area contributed by atoms with Gasteiger partial charge in [-0.25, -0.2) is 0 Å². The van der Waals surface area contributed by atoms with Crippen molar-refractivity contribution in [2.24, 2.45) is 0 Å². The van der Waals surface area contributed by atoms with Crippen molar-refractivity contribution < 1.29 is 0 Å². The smallest absolute Gasteiger partial charge is 0.0980 e. The monoisotopic (exact) mass is 336 g/mol. The lowest BCUT2D eigenvalue weighted by atomic mass is 10.0. The molecule has 0 bridgehead atoms. The zero-order chi connectivity index (χ0) is 17.6. The van der Waals surface area contributed by atoms with Gasteiger partial charge >= 0.3 is 0 Å². The summed E-state index contributed by atoms with van der Waals surface area (Å²) in [5.41, 5.74) is 0. The molecule has 2 heteroatoms. The standard InChI is InChI=1S/C22H44N2/c1-5-6-7-8-9-10-11-12-13-14-15-16-17-18-23-19-20-24(21(2)3)22(23)4/h19-22H,5-18H2,1-4H3. The SMILES string of the molecule is CCCCCCCCCCCCCCCN1C=CN(C(C)C)C1C. The minimum Gasteiger partial charge on any atom is -0.356 e. The first-order chi connectivity index (χ1) is 11.7. The number of unbranched alkanes of at least 4 members (excludes halogenated alkanes) is 12. The van der Waals surface area contributed by atoms with Gasteiger partial charge in [-0.2, -0.15) is 0 Å². The molecule has 0 saturated heterocycles. The van der Waals surface area contributed by atoms with Crippen LogP contribution in [0.5, 0.6) is 0 Å². The number of rotatable bonds is 15. The van der Waals surface area contributed by atoms with Crippen LogP contribution in [0.4, 0.5) is 0 Å². The second-order valence-electron chi connectivity index (χ2n) is 7.95. The highest BCUT2D eigenvalue weighted by atomic mass is 15.4. The topological polar surface area (TPSA) is 6.48 Å². The van der Waals surface area contributed by atoms with Crippen LogP contribution in [0.1, 0.15) is 111 Å². The van der Waals surface area contributed by atoms with Gasteiger partial charge in [0, 0.05) is 25.0 Å². The molecule has 1 aliphatic rings. The number of hydrogen-bond acceptors (Lipinski definition) is 2. The van der Waals surface area contributed by atoms with Gasteiger partial charge in [-0.05, 0) is 27.2 Å². The third kappa shape index (κ3) is 8.99. The van der Waals surface area contributed by atoms with E-state index in [4.69, 9.17) is 0 Å². The van der Waals surface area contributed by atoms with Gasteiger partial charge in [-0.1, -0.05) is 84.0 Å². The summed E-state index contributed by atoms with van der Waals surface area (Å²) < 4.78 is 0. The largest absolute Gasteiger partial charge is 0.356 e. The van der Waals surface area contributed by atoms with Gasteiger partial charge in [0.2, 0.25) is 0 Å². The Bertz CT molecular complexity index is 311. The third-order valence-corrected chi connectivity index (χ3v) is 5.46. The Hall–Kier alpha value is -0.660. The summed E-state index contributed by atoms with van der Waals surface area (Å²) >= 11 is 0. The summed E-state index contributed by atoms with van der Waals surface area (Å²) in [7, 11) is 0. The van der Waals surface area contributed by atoms with Gasteiger partial charge in [0.15, 0.2) is 0 Å². The first-order valence-corrected chi connectivity index (χ1v) is 10.9. The zero-order valence-corrected chi connectivity index (χ0v) is 17.1. The van der Waals surface area contributed by atoms with Crippen LogP contribution in [0, 0.1) is 0 Å². The van der Waals surface area contributed by atoms with Crippen LogP contribution in [0.25, 0.3) is 0 Å². The van der Waals surface area contributed by atoms with Gasteiger partial charge in [0.05, 0.1) is 6.17 Å². The maximum atomic E-state index is 2.50. The van der Waals surface area contributed by atoms with Crippen LogP contribution in [-0.2, 0) is 0 Å². The molecule has 142 valence electrons. The van der Waals surface area contributed by atoms with Gasteiger partial charge in [0.25, 0.3) is 0 Å². The lowest BCUT2D eigenvalue weighted by molar-refractivity contribution is 0.141. The van der Waals surface area contributed by atoms with E-state index in [1.54, 1.807) is 0 Å². The molecule has 0 aromatic heterocycles. The highest BCUT2D eigenvalue weighted by Crippen LogP contribution is 2.19. The maximum absolute atomic E-state index is 2.50. The van der Waals surface area contributed by atoms with E-state index in [1.807, 2.05) is 0 Å². The van der Waals surface area contributed by atoms with E-state index in [0.717, 1.165) is 0 Å². The van der Waals surface area contributed by atoms with Crippen LogP contribution in [0.3, 0.4) is 0 Å². The van der Waals surface area contributed by atoms with Crippen LogP contribution >= 0.6 is 0 Å². The molecule has 0 aromatic carbocycles. The van der Waals surface area contributed by atoms with Gasteiger partial charge in [-0.15, -0.1) is 0 Å². The lowest BCUT2D eigenvalue weighted by Gasteiger charge is -2.32. The minimum absolute atomic E-state index is 0.544. The van der Waals surface area contributed by atoms with Crippen molar-refractivity contribution in [2.75, 3.05) is 6.54 Å². The Morgan fingerprint density at radius 1 is 0.708 bits per heavy atom. The van der Waals surface area contributed by atoms with E-state index in [9.17, 15) is 0 Å². The summed E-state index contributed by atoms with van der Waals surface area (Å²) in [6.45, 7) is 10.4. The fourth-order valence-corrected chi connectivity index (χ4v) is 3.76. The van der Waals surface area contributed by atoms with Crippen molar-refractivity contribution in [1.29, 1.82) is 0 Å². The molecule has 0 amide bonds. The molecule has 0 aliphatic carbocycles. The van der Waals surface area contributed by atoms with Crippen LogP contribution in [0.2, 0.25) is 0 Å². The molecule has 1 rings (SSSR count). The Morgan fingerprint density at radius 3 is 1.58 bits per heavy atom. The number of nitrogens with zero attached hydrogens (tertiary/aromatic N) is 2. The number of hydrogen-bond donors (Lipinski definition) is 0. The molecule has 1 atom stereocenters. The van der Waals surface area contributed by atoms with E-state index >= 15 is 0 Å². The second kappa shape index (κ2) is 13.6. The summed E-state index contributed by atoms with van der Waals surface area (Å²) in [6, 6.07) is 0.605. The van der Waals surface area contributed by atoms with Crippen molar-refractivity contribution >= 4 is 0 Å². The van der Waals surface area contributed by atoms with E-state index in [1.165, 1.54) is 90.0 Å². The molecular weight excluding hydrogens is 292 g/mol. The molecule has 1 aliphatic heterocycles. The molecule has 1 unspecified atom stereocenters. The molecule has 0 fully saturated rings. The van der Waals surface area contributed by atoms with Crippen molar-refractivity contribution in [3.8, 4) is 0 Å². The average Bonchev–Trinajstić information content (AvgIpc) is 2.93. The van der Waals surface area contributed by atoms with E-state index < -0.39 is 0 Å². The first kappa shape index (κ1) is 21.4. The molecule has 0 aromatic rings. The molecule has 2 nitrogen and oxygen atoms in total. The predicted molar refractivity (Wildman–Crippen MR) is 108 cm³/mol. The van der Waals surface area contributed by atoms with Crippen molar-refractivity contribution in [3.05, 3.63) is 12.4 Å². The van der Waals surface area contributed by atoms with Gasteiger partial charge in [-0.3, -0.25) is 0 Å². The summed E-state index contributed by atoms with van der Waals surface area (Å²) in [5.74, 6) is 0. The quantitative estimate of drug-likeness (QED) is 0.299. The molecule has 0 radical (unpaired) electrons. The van der Waals surface area contributed by atoms with E-state index in [-0.39, 0.29) is 0 Å². The average molecular weight is 337 g/mol. The van der Waals surface area contributed by atoms with Crippen LogP contribution in [-0.4, -0.2) is 28.6 Å². The van der Waals surface area contributed by atoms with Crippen molar-refractivity contribution in [1.82, 2.24) is 9.80 Å². The molecular formula is C22H44N2. The van der Waals surface area contributed by atoms with E-state index in [2.05, 4.69) is 49.9 Å². The Labute approximate surface area is 152 Å². The zero-order valence-electron chi connectivity index (χ0n) is 17.1. The normalized spacial score (nSPS) is 17.5. The predicted octanol–water partition coefficient (Wildman–Crippen LogP) is 6.92. The van der Waals surface area contributed by atoms with Gasteiger partial charge < -0.3 is 9.80 Å². The first-order valence-electron chi connectivity index (χ1n) is 10.9. The molecule has 0 spiro atoms. The maximum Gasteiger partial charge on any atom is 0.0980 e. The molecule has 0 saturated carbocycles. The Morgan fingerprint density at radius 2 is 1.17 bits per heavy atom.